The Morgan fingerprint density at radius 1 is 1.00 bits per heavy atom. The van der Waals surface area contributed by atoms with E-state index in [1.807, 2.05) is 13.8 Å². The summed E-state index contributed by atoms with van der Waals surface area (Å²) in [5, 5.41) is 0. The van der Waals surface area contributed by atoms with Crippen LogP contribution < -0.4 is 0 Å². The number of ether oxygens (including phenoxy) is 4. The third-order valence-corrected chi connectivity index (χ3v) is 6.00. The number of hydrogen-bond acceptors (Lipinski definition) is 9. The summed E-state index contributed by atoms with van der Waals surface area (Å²) < 4.78 is 21.8. The molecule has 0 aromatic carbocycles. The molecule has 4 atom stereocenters. The smallest absolute Gasteiger partial charge is 0.303 e. The zero-order chi connectivity index (χ0) is 19.0. The van der Waals surface area contributed by atoms with Gasteiger partial charge in [0.05, 0.1) is 11.2 Å². The van der Waals surface area contributed by atoms with Crippen LogP contribution in [0.25, 0.3) is 0 Å². The Bertz CT molecular complexity index is 465. The second-order valence-corrected chi connectivity index (χ2v) is 8.51. The molecule has 0 spiro atoms. The molecule has 144 valence electrons. The molecule has 0 N–H and O–H groups in total. The van der Waals surface area contributed by atoms with E-state index in [4.69, 9.17) is 18.9 Å². The summed E-state index contributed by atoms with van der Waals surface area (Å²) in [6, 6.07) is 0. The summed E-state index contributed by atoms with van der Waals surface area (Å²) in [5.74, 6) is 0.214. The summed E-state index contributed by atoms with van der Waals surface area (Å²) in [4.78, 5) is 34.4. The molecule has 0 bridgehead atoms. The van der Waals surface area contributed by atoms with E-state index in [0.29, 0.717) is 0 Å². The fourth-order valence-electron chi connectivity index (χ4n) is 2.57. The lowest BCUT2D eigenvalue weighted by Gasteiger charge is -2.32. The van der Waals surface area contributed by atoms with Crippen LogP contribution in [-0.4, -0.2) is 65.0 Å². The lowest BCUT2D eigenvalue weighted by molar-refractivity contribution is -0.169. The van der Waals surface area contributed by atoms with Gasteiger partial charge < -0.3 is 18.9 Å². The third-order valence-electron chi connectivity index (χ3n) is 3.32. The number of hydrogen-bond donors (Lipinski definition) is 0. The van der Waals surface area contributed by atoms with Crippen molar-refractivity contribution >= 4 is 41.4 Å². The molecule has 1 aliphatic heterocycles. The van der Waals surface area contributed by atoms with Crippen molar-refractivity contribution in [3.8, 4) is 0 Å². The number of carbonyl (C=O) groups is 3. The van der Waals surface area contributed by atoms with Gasteiger partial charge in [-0.05, 0) is 11.5 Å². The summed E-state index contributed by atoms with van der Waals surface area (Å²) in [6.07, 6.45) is -2.86. The summed E-state index contributed by atoms with van der Waals surface area (Å²) in [7, 11) is 0. The lowest BCUT2D eigenvalue weighted by Crippen LogP contribution is -2.48. The molecular formula is C16H26O7S2. The molecule has 1 fully saturated rings. The molecule has 0 aromatic rings. The van der Waals surface area contributed by atoms with Crippen molar-refractivity contribution in [2.24, 2.45) is 0 Å². The highest BCUT2D eigenvalue weighted by atomic mass is 32.2. The maximum absolute atomic E-state index is 11.6. The Labute approximate surface area is 156 Å². The van der Waals surface area contributed by atoms with Gasteiger partial charge in [0.25, 0.3) is 0 Å². The van der Waals surface area contributed by atoms with Gasteiger partial charge >= 0.3 is 17.9 Å². The summed E-state index contributed by atoms with van der Waals surface area (Å²) in [5.41, 5.74) is 0. The first-order valence-electron chi connectivity index (χ1n) is 8.16. The maximum atomic E-state index is 11.6. The minimum absolute atomic E-state index is 0.0836. The first-order chi connectivity index (χ1) is 11.8. The van der Waals surface area contributed by atoms with E-state index in [1.165, 1.54) is 20.8 Å². The van der Waals surface area contributed by atoms with Crippen LogP contribution in [0.1, 0.15) is 34.6 Å². The fourth-order valence-corrected chi connectivity index (χ4v) is 5.23. The van der Waals surface area contributed by atoms with E-state index in [0.717, 1.165) is 11.5 Å². The zero-order valence-corrected chi connectivity index (χ0v) is 16.8. The monoisotopic (exact) mass is 394 g/mol. The van der Waals surface area contributed by atoms with Gasteiger partial charge in [-0.25, -0.2) is 0 Å². The highest BCUT2D eigenvalue weighted by Crippen LogP contribution is 2.35. The molecule has 1 heterocycles. The van der Waals surface area contributed by atoms with Gasteiger partial charge in [0, 0.05) is 20.8 Å². The molecule has 0 aromatic heterocycles. The number of thioether (sulfide) groups is 2. The minimum Gasteiger partial charge on any atom is -0.458 e. The quantitative estimate of drug-likeness (QED) is 0.331. The molecule has 1 rings (SSSR count). The normalized spacial score (nSPS) is 24.0. The van der Waals surface area contributed by atoms with E-state index in [2.05, 4.69) is 0 Å². The van der Waals surface area contributed by atoms with Gasteiger partial charge in [-0.15, -0.1) is 23.5 Å². The molecule has 25 heavy (non-hydrogen) atoms. The number of esters is 3. The van der Waals surface area contributed by atoms with Gasteiger partial charge in [0.1, 0.15) is 6.10 Å². The van der Waals surface area contributed by atoms with Crippen LogP contribution in [0.5, 0.6) is 0 Å². The average molecular weight is 395 g/mol. The van der Waals surface area contributed by atoms with Crippen LogP contribution in [0.2, 0.25) is 0 Å². The molecule has 0 amide bonds. The van der Waals surface area contributed by atoms with Crippen molar-refractivity contribution in [1.82, 2.24) is 0 Å². The molecule has 0 saturated carbocycles. The van der Waals surface area contributed by atoms with E-state index in [1.54, 1.807) is 23.5 Å². The number of carbonyl (C=O) groups excluding carboxylic acids is 3. The second-order valence-electron chi connectivity index (χ2n) is 5.37. The third kappa shape index (κ3) is 7.07. The van der Waals surface area contributed by atoms with Gasteiger partial charge in [-0.3, -0.25) is 14.4 Å². The fraction of sp³-hybridized carbons (Fsp3) is 0.812. The molecule has 9 heteroatoms. The number of rotatable bonds is 9. The topological polar surface area (TPSA) is 88.1 Å². The standard InChI is InChI=1S/C16H26O7S2/c1-6-24-16(25-7-2)15(23-11(5)19)14-13(22-10(4)18)12(8-20-14)21-9(3)17/h12-16H,6-8H2,1-5H3/t12-,13+,14+,15-/m0/s1. The van der Waals surface area contributed by atoms with Crippen molar-refractivity contribution in [3.63, 3.8) is 0 Å². The van der Waals surface area contributed by atoms with Gasteiger partial charge in [-0.1, -0.05) is 13.8 Å². The Morgan fingerprint density at radius 3 is 2.00 bits per heavy atom. The molecule has 0 radical (unpaired) electrons. The second kappa shape index (κ2) is 10.9. The molecular weight excluding hydrogens is 368 g/mol. The van der Waals surface area contributed by atoms with Crippen molar-refractivity contribution in [2.45, 2.75) is 63.6 Å². The highest BCUT2D eigenvalue weighted by molar-refractivity contribution is 8.17. The minimum atomic E-state index is -0.817. The first kappa shape index (κ1) is 22.1. The van der Waals surface area contributed by atoms with E-state index in [-0.39, 0.29) is 11.2 Å². The van der Waals surface area contributed by atoms with Crippen molar-refractivity contribution < 1.29 is 33.3 Å². The first-order valence-corrected chi connectivity index (χ1v) is 10.3. The van der Waals surface area contributed by atoms with Crippen LogP contribution in [0.3, 0.4) is 0 Å². The van der Waals surface area contributed by atoms with E-state index < -0.39 is 42.3 Å². The Hall–Kier alpha value is -0.930. The molecule has 0 unspecified atom stereocenters. The zero-order valence-electron chi connectivity index (χ0n) is 15.2. The van der Waals surface area contributed by atoms with Crippen LogP contribution in [0, 0.1) is 0 Å². The predicted octanol–water partition coefficient (Wildman–Crippen LogP) is 2.01. The summed E-state index contributed by atoms with van der Waals surface area (Å²) >= 11 is 3.26. The van der Waals surface area contributed by atoms with Crippen LogP contribution in [0.4, 0.5) is 0 Å². The van der Waals surface area contributed by atoms with Gasteiger partial charge in [0.2, 0.25) is 0 Å². The highest BCUT2D eigenvalue weighted by Gasteiger charge is 2.49. The molecule has 7 nitrogen and oxygen atoms in total. The SMILES string of the molecule is CCSC(SCC)[C@@H](OC(C)=O)[C@@H]1OC[C@H](OC(C)=O)[C@H]1OC(C)=O. The lowest BCUT2D eigenvalue weighted by atomic mass is 10.1. The van der Waals surface area contributed by atoms with Crippen LogP contribution in [0.15, 0.2) is 0 Å². The Morgan fingerprint density at radius 2 is 1.56 bits per heavy atom. The maximum Gasteiger partial charge on any atom is 0.303 e. The Balaban J connectivity index is 3.08. The van der Waals surface area contributed by atoms with Crippen molar-refractivity contribution in [2.75, 3.05) is 18.1 Å². The summed E-state index contributed by atoms with van der Waals surface area (Å²) in [6.45, 7) is 8.00. The Kier molecular flexibility index (Phi) is 9.66. The largest absolute Gasteiger partial charge is 0.458 e. The predicted molar refractivity (Wildman–Crippen MR) is 96.5 cm³/mol. The molecule has 1 saturated heterocycles. The van der Waals surface area contributed by atoms with Gasteiger partial charge in [-0.2, -0.15) is 0 Å². The van der Waals surface area contributed by atoms with Crippen molar-refractivity contribution in [1.29, 1.82) is 0 Å². The molecule has 1 aliphatic rings. The van der Waals surface area contributed by atoms with E-state index >= 15 is 0 Å². The van der Waals surface area contributed by atoms with Crippen LogP contribution >= 0.6 is 23.5 Å². The molecule has 0 aliphatic carbocycles. The van der Waals surface area contributed by atoms with Crippen molar-refractivity contribution in [3.05, 3.63) is 0 Å². The van der Waals surface area contributed by atoms with Gasteiger partial charge in [0.15, 0.2) is 18.3 Å². The van der Waals surface area contributed by atoms with Crippen LogP contribution in [-0.2, 0) is 33.3 Å². The van der Waals surface area contributed by atoms with E-state index in [9.17, 15) is 14.4 Å². The average Bonchev–Trinajstić information content (AvgIpc) is 2.86.